The van der Waals surface area contributed by atoms with E-state index in [2.05, 4.69) is 0 Å². The van der Waals surface area contributed by atoms with E-state index in [1.807, 2.05) is 41.4 Å². The van der Waals surface area contributed by atoms with Crippen LogP contribution in [0, 0.1) is 13.8 Å². The molecule has 0 bridgehead atoms. The van der Waals surface area contributed by atoms with Crippen molar-refractivity contribution >= 4 is 11.4 Å². The molecule has 0 radical (unpaired) electrons. The Balaban J connectivity index is 1.83. The van der Waals surface area contributed by atoms with Gasteiger partial charge < -0.3 is 9.80 Å². The predicted molar refractivity (Wildman–Crippen MR) is 132 cm³/mol. The Morgan fingerprint density at radius 1 is 0.677 bits per heavy atom. The summed E-state index contributed by atoms with van der Waals surface area (Å²) in [5.41, 5.74) is 1.13. The molecule has 0 unspecified atom stereocenters. The number of rotatable bonds is 4. The van der Waals surface area contributed by atoms with Crippen LogP contribution in [0.25, 0.3) is 22.3 Å². The molecule has 0 amide bonds. The zero-order valence-corrected chi connectivity index (χ0v) is 16.9. The molecule has 4 aromatic rings. The smallest absolute Gasteiger partial charge is 0.0989 e. The van der Waals surface area contributed by atoms with E-state index in [0.717, 1.165) is 5.69 Å². The first-order chi connectivity index (χ1) is 19.8. The van der Waals surface area contributed by atoms with Gasteiger partial charge in [0.25, 0.3) is 0 Å². The fourth-order valence-corrected chi connectivity index (χ4v) is 3.57. The van der Waals surface area contributed by atoms with E-state index in [9.17, 15) is 0 Å². The van der Waals surface area contributed by atoms with Crippen molar-refractivity contribution in [3.8, 4) is 22.3 Å². The Morgan fingerprint density at radius 2 is 1.26 bits per heavy atom. The van der Waals surface area contributed by atoms with Gasteiger partial charge in [-0.05, 0) is 37.0 Å². The lowest BCUT2D eigenvalue weighted by molar-refractivity contribution is 0.977. The molecule has 2 nitrogen and oxygen atoms in total. The summed E-state index contributed by atoms with van der Waals surface area (Å²) in [5.74, 6) is 0. The maximum absolute atomic E-state index is 8.77. The molecule has 1 aliphatic rings. The third-order valence-electron chi connectivity index (χ3n) is 5.06. The Bertz CT molecular complexity index is 1690. The van der Waals surface area contributed by atoms with Crippen LogP contribution in [0.3, 0.4) is 0 Å². The van der Waals surface area contributed by atoms with E-state index in [4.69, 9.17) is 15.1 Å². The fourth-order valence-electron chi connectivity index (χ4n) is 3.57. The highest BCUT2D eigenvalue weighted by Gasteiger charge is 2.22. The molecule has 0 saturated carbocycles. The van der Waals surface area contributed by atoms with Gasteiger partial charge in [0.15, 0.2) is 0 Å². The lowest BCUT2D eigenvalue weighted by Gasteiger charge is -2.26. The normalized spacial score (nSPS) is 18.5. The number of para-hydroxylation sites is 2. The van der Waals surface area contributed by atoms with E-state index >= 15 is 0 Å². The van der Waals surface area contributed by atoms with Crippen LogP contribution in [0.1, 0.15) is 26.2 Å². The minimum atomic E-state index is -2.87. The van der Waals surface area contributed by atoms with Gasteiger partial charge in [0.05, 0.1) is 23.3 Å². The van der Waals surface area contributed by atoms with Crippen LogP contribution >= 0.6 is 0 Å². The zero-order valence-electron chi connectivity index (χ0n) is 27.9. The van der Waals surface area contributed by atoms with Crippen molar-refractivity contribution in [2.75, 3.05) is 16.5 Å². The lowest BCUT2D eigenvalue weighted by Crippen LogP contribution is -2.25. The van der Waals surface area contributed by atoms with Crippen LogP contribution in [0.4, 0.5) is 11.4 Å². The minimum absolute atomic E-state index is 0.0216. The molecule has 1 heterocycles. The van der Waals surface area contributed by atoms with Gasteiger partial charge in [-0.2, -0.15) is 0 Å². The van der Waals surface area contributed by atoms with Gasteiger partial charge in [-0.3, -0.25) is 0 Å². The van der Waals surface area contributed by atoms with E-state index in [-0.39, 0.29) is 53.1 Å². The lowest BCUT2D eigenvalue weighted by atomic mass is 9.94. The number of hydrogen-bond donors (Lipinski definition) is 0. The molecule has 5 rings (SSSR count). The first-order valence-electron chi connectivity index (χ1n) is 15.3. The molecule has 0 aromatic heterocycles. The van der Waals surface area contributed by atoms with Crippen LogP contribution in [-0.2, 0) is 0 Å². The molecule has 0 N–H and O–H groups in total. The summed E-state index contributed by atoms with van der Waals surface area (Å²) in [6.45, 7) is -1.11. The first kappa shape index (κ1) is 10.5. The largest absolute Gasteiger partial charge is 0.328 e. The predicted octanol–water partition coefficient (Wildman–Crippen LogP) is 7.39. The maximum Gasteiger partial charge on any atom is 0.0989 e. The summed E-state index contributed by atoms with van der Waals surface area (Å²) < 4.78 is 92.2. The minimum Gasteiger partial charge on any atom is -0.328 e. The molecule has 1 aliphatic heterocycles. The average Bonchev–Trinajstić information content (AvgIpc) is 3.44. The van der Waals surface area contributed by atoms with Crippen LogP contribution in [0.15, 0.2) is 109 Å². The van der Waals surface area contributed by atoms with Gasteiger partial charge in [-0.15, -0.1) is 0 Å². The van der Waals surface area contributed by atoms with Crippen LogP contribution in [-0.4, -0.2) is 6.67 Å². The molecule has 152 valence electrons. The molecule has 2 heteroatoms. The molecule has 4 aromatic carbocycles. The summed E-state index contributed by atoms with van der Waals surface area (Å²) in [6.07, 6.45) is 3.56. The average molecular weight is 414 g/mol. The van der Waals surface area contributed by atoms with E-state index in [0.29, 0.717) is 11.3 Å². The maximum atomic E-state index is 8.77. The van der Waals surface area contributed by atoms with E-state index in [1.165, 1.54) is 6.92 Å². The third kappa shape index (κ3) is 3.85. The van der Waals surface area contributed by atoms with Crippen molar-refractivity contribution in [3.05, 3.63) is 120 Å². The quantitative estimate of drug-likeness (QED) is 0.344. The van der Waals surface area contributed by atoms with Gasteiger partial charge in [0.1, 0.15) is 0 Å². The van der Waals surface area contributed by atoms with E-state index < -0.39 is 36.6 Å². The van der Waals surface area contributed by atoms with E-state index in [1.54, 1.807) is 29.3 Å². The zero-order chi connectivity index (χ0) is 30.7. The second-order valence-electron chi connectivity index (χ2n) is 7.17. The third-order valence-corrected chi connectivity index (χ3v) is 5.06. The molecular weight excluding hydrogens is 376 g/mol. The molecule has 31 heavy (non-hydrogen) atoms. The van der Waals surface area contributed by atoms with Crippen molar-refractivity contribution in [3.63, 3.8) is 0 Å². The number of hydrogen-bond acceptors (Lipinski definition) is 2. The summed E-state index contributed by atoms with van der Waals surface area (Å²) in [7, 11) is 0. The second kappa shape index (κ2) is 8.16. The summed E-state index contributed by atoms with van der Waals surface area (Å²) >= 11 is 0. The van der Waals surface area contributed by atoms with Gasteiger partial charge >= 0.3 is 0 Å². The molecule has 0 aliphatic carbocycles. The second-order valence-corrected chi connectivity index (χ2v) is 7.17. The summed E-state index contributed by atoms with van der Waals surface area (Å²) in [6, 6.07) is 11.0. The monoisotopic (exact) mass is 413 g/mol. The van der Waals surface area contributed by atoms with Crippen LogP contribution < -0.4 is 9.80 Å². The van der Waals surface area contributed by atoms with Crippen molar-refractivity contribution in [1.82, 2.24) is 0 Å². The van der Waals surface area contributed by atoms with Gasteiger partial charge in [-0.25, -0.2) is 0 Å². The number of nitrogens with zero attached hydrogens (tertiary/aromatic N) is 2. The molecular formula is C29H26N2. The SMILES string of the molecule is [2H]c1c([2H])c(-c2cccc(-c3c([2H])c([2H])c(C([2H])([2H])[2H])c([2H])c3[2H])c2N2C=CN(c3ccccc3)C2)c([2H])c([2H])c1C. The molecule has 0 saturated heterocycles. The standard InChI is InChI=1S/C29H26N2/c1-22-11-15-24(16-12-22)27-9-6-10-28(25-17-13-23(2)14-18-25)29(27)31-20-19-30(21-31)26-7-4-3-5-8-26/h3-20H,21H2,1-2H3/i1D3,11D,12D,13D,14D,15D,16D,17D,18D. The van der Waals surface area contributed by atoms with Crippen molar-refractivity contribution in [2.24, 2.45) is 0 Å². The van der Waals surface area contributed by atoms with Crippen LogP contribution in [0.2, 0.25) is 0 Å². The summed E-state index contributed by atoms with van der Waals surface area (Å²) in [5, 5.41) is 0. The highest BCUT2D eigenvalue weighted by atomic mass is 15.3. The fraction of sp³-hybridized carbons (Fsp3) is 0.103. The Kier molecular flexibility index (Phi) is 2.76. The first-order valence-corrected chi connectivity index (χ1v) is 9.83. The van der Waals surface area contributed by atoms with Gasteiger partial charge in [0, 0.05) is 33.3 Å². The Morgan fingerprint density at radius 3 is 1.87 bits per heavy atom. The molecule has 0 spiro atoms. The van der Waals surface area contributed by atoms with Gasteiger partial charge in [-0.1, -0.05) is 95.9 Å². The summed E-state index contributed by atoms with van der Waals surface area (Å²) in [4.78, 5) is 3.70. The highest BCUT2D eigenvalue weighted by Crippen LogP contribution is 2.41. The molecule has 0 fully saturated rings. The van der Waals surface area contributed by atoms with Crippen molar-refractivity contribution < 1.29 is 15.1 Å². The number of anilines is 2. The van der Waals surface area contributed by atoms with Crippen molar-refractivity contribution in [1.29, 1.82) is 0 Å². The molecule has 0 atom stereocenters. The topological polar surface area (TPSA) is 6.48 Å². The number of benzene rings is 4. The highest BCUT2D eigenvalue weighted by molar-refractivity contribution is 5.92. The van der Waals surface area contributed by atoms with Crippen LogP contribution in [0.5, 0.6) is 0 Å². The Labute approximate surface area is 200 Å². The van der Waals surface area contributed by atoms with Crippen molar-refractivity contribution in [2.45, 2.75) is 13.8 Å². The van der Waals surface area contributed by atoms with Gasteiger partial charge in [0.2, 0.25) is 0 Å². The Hall–Kier alpha value is -3.78.